The molecule has 0 atom stereocenters. The number of amides is 2. The van der Waals surface area contributed by atoms with Gasteiger partial charge in [-0.1, -0.05) is 42.1 Å². The average molecular weight is 398 g/mol. The number of thioether (sulfide) groups is 1. The molecule has 2 aromatic carbocycles. The molecular weight excluding hydrogens is 378 g/mol. The van der Waals surface area contributed by atoms with Crippen molar-refractivity contribution in [1.82, 2.24) is 14.8 Å². The molecule has 27 heavy (non-hydrogen) atoms. The first kappa shape index (κ1) is 18.0. The lowest BCUT2D eigenvalue weighted by molar-refractivity contribution is -0.129. The molecule has 0 saturated carbocycles. The molecule has 2 amide bonds. The first-order chi connectivity index (χ1) is 13.2. The van der Waals surface area contributed by atoms with E-state index < -0.39 is 0 Å². The maximum absolute atomic E-state index is 12.5. The van der Waals surface area contributed by atoms with E-state index in [4.69, 9.17) is 0 Å². The maximum Gasteiger partial charge on any atom is 0.253 e. The Kier molecular flexibility index (Phi) is 5.40. The number of carbonyl (C=O) groups excluding carboxylic acids is 2. The van der Waals surface area contributed by atoms with Crippen molar-refractivity contribution in [2.24, 2.45) is 0 Å². The first-order valence-corrected chi connectivity index (χ1v) is 10.6. The van der Waals surface area contributed by atoms with Gasteiger partial charge in [-0.05, 0) is 24.3 Å². The third-order valence-corrected chi connectivity index (χ3v) is 6.70. The van der Waals surface area contributed by atoms with E-state index in [-0.39, 0.29) is 11.8 Å². The first-order valence-electron chi connectivity index (χ1n) is 8.81. The fraction of sp³-hybridized carbons (Fsp3) is 0.250. The fourth-order valence-electron chi connectivity index (χ4n) is 3.05. The monoisotopic (exact) mass is 397 g/mol. The number of piperazine rings is 1. The van der Waals surface area contributed by atoms with Crippen LogP contribution in [0.15, 0.2) is 58.9 Å². The van der Waals surface area contributed by atoms with Crippen LogP contribution in [0.3, 0.4) is 0 Å². The molecule has 4 rings (SSSR count). The lowest BCUT2D eigenvalue weighted by Crippen LogP contribution is -2.51. The summed E-state index contributed by atoms with van der Waals surface area (Å²) in [6.45, 7) is 2.31. The van der Waals surface area contributed by atoms with Crippen LogP contribution in [-0.2, 0) is 4.79 Å². The molecule has 0 N–H and O–H groups in total. The second-order valence-corrected chi connectivity index (χ2v) is 8.53. The molecule has 1 saturated heterocycles. The lowest BCUT2D eigenvalue weighted by atomic mass is 10.2. The van der Waals surface area contributed by atoms with Gasteiger partial charge < -0.3 is 9.80 Å². The van der Waals surface area contributed by atoms with E-state index in [9.17, 15) is 9.59 Å². The third kappa shape index (κ3) is 4.14. The summed E-state index contributed by atoms with van der Waals surface area (Å²) < 4.78 is 2.06. The Morgan fingerprint density at radius 1 is 0.926 bits per heavy atom. The molecule has 7 heteroatoms. The van der Waals surface area contributed by atoms with Crippen LogP contribution >= 0.6 is 23.1 Å². The van der Waals surface area contributed by atoms with Crippen molar-refractivity contribution in [3.63, 3.8) is 0 Å². The van der Waals surface area contributed by atoms with Gasteiger partial charge in [-0.15, -0.1) is 11.3 Å². The highest BCUT2D eigenvalue weighted by Gasteiger charge is 2.24. The number of nitrogens with zero attached hydrogens (tertiary/aromatic N) is 3. The maximum atomic E-state index is 12.5. The summed E-state index contributed by atoms with van der Waals surface area (Å²) in [6, 6.07) is 17.3. The Morgan fingerprint density at radius 3 is 2.33 bits per heavy atom. The number of hydrogen-bond donors (Lipinski definition) is 0. The van der Waals surface area contributed by atoms with Crippen LogP contribution in [0.1, 0.15) is 10.4 Å². The number of hydrogen-bond acceptors (Lipinski definition) is 5. The van der Waals surface area contributed by atoms with Gasteiger partial charge in [-0.2, -0.15) is 0 Å². The van der Waals surface area contributed by atoms with Crippen molar-refractivity contribution < 1.29 is 9.59 Å². The third-order valence-electron chi connectivity index (χ3n) is 4.53. The van der Waals surface area contributed by atoms with E-state index in [1.54, 1.807) is 11.3 Å². The molecule has 2 heterocycles. The summed E-state index contributed by atoms with van der Waals surface area (Å²) in [6.07, 6.45) is 0. The Labute approximate surface area is 166 Å². The smallest absolute Gasteiger partial charge is 0.253 e. The van der Waals surface area contributed by atoms with Crippen molar-refractivity contribution in [3.05, 3.63) is 60.2 Å². The summed E-state index contributed by atoms with van der Waals surface area (Å²) in [7, 11) is 0. The van der Waals surface area contributed by atoms with Gasteiger partial charge >= 0.3 is 0 Å². The second-order valence-electron chi connectivity index (χ2n) is 6.28. The van der Waals surface area contributed by atoms with Gasteiger partial charge in [-0.3, -0.25) is 9.59 Å². The molecule has 1 fully saturated rings. The van der Waals surface area contributed by atoms with Gasteiger partial charge in [0.1, 0.15) is 0 Å². The van der Waals surface area contributed by atoms with Crippen molar-refractivity contribution in [1.29, 1.82) is 0 Å². The van der Waals surface area contributed by atoms with Crippen LogP contribution in [0.5, 0.6) is 0 Å². The van der Waals surface area contributed by atoms with Crippen molar-refractivity contribution in [2.45, 2.75) is 4.34 Å². The summed E-state index contributed by atoms with van der Waals surface area (Å²) in [5.74, 6) is 0.518. The Bertz CT molecular complexity index is 917. The summed E-state index contributed by atoms with van der Waals surface area (Å²) in [5, 5.41) is 0. The minimum Gasteiger partial charge on any atom is -0.338 e. The number of carbonyl (C=O) groups is 2. The molecule has 0 unspecified atom stereocenters. The van der Waals surface area contributed by atoms with Crippen LogP contribution in [0, 0.1) is 0 Å². The zero-order valence-electron chi connectivity index (χ0n) is 14.7. The molecule has 5 nitrogen and oxygen atoms in total. The predicted octanol–water partition coefficient (Wildman–Crippen LogP) is 3.37. The molecule has 138 valence electrons. The second kappa shape index (κ2) is 8.10. The molecule has 0 aliphatic carbocycles. The average Bonchev–Trinajstić information content (AvgIpc) is 3.15. The highest BCUT2D eigenvalue weighted by Crippen LogP contribution is 2.29. The van der Waals surface area contributed by atoms with Gasteiger partial charge in [0.25, 0.3) is 5.91 Å². The molecule has 1 aliphatic heterocycles. The van der Waals surface area contributed by atoms with Crippen LogP contribution in [0.2, 0.25) is 0 Å². The summed E-state index contributed by atoms with van der Waals surface area (Å²) in [4.78, 5) is 33.2. The molecule has 1 aliphatic rings. The van der Waals surface area contributed by atoms with Crippen molar-refractivity contribution in [2.75, 3.05) is 31.9 Å². The van der Waals surface area contributed by atoms with Crippen LogP contribution in [-0.4, -0.2) is 58.5 Å². The number of aromatic nitrogens is 1. The highest BCUT2D eigenvalue weighted by atomic mass is 32.2. The van der Waals surface area contributed by atoms with Crippen LogP contribution < -0.4 is 0 Å². The summed E-state index contributed by atoms with van der Waals surface area (Å²) in [5.41, 5.74) is 1.68. The van der Waals surface area contributed by atoms with Gasteiger partial charge in [-0.25, -0.2) is 4.98 Å². The standard InChI is InChI=1S/C20H19N3O2S2/c24-18(14-26-20-21-16-8-4-5-9-17(16)27-20)22-10-12-23(13-11-22)19(25)15-6-2-1-3-7-15/h1-9H,10-14H2. The van der Waals surface area contributed by atoms with E-state index in [0.29, 0.717) is 37.5 Å². The highest BCUT2D eigenvalue weighted by molar-refractivity contribution is 8.01. The molecule has 0 spiro atoms. The van der Waals surface area contributed by atoms with Gasteiger partial charge in [0.05, 0.1) is 16.0 Å². The largest absolute Gasteiger partial charge is 0.338 e. The van der Waals surface area contributed by atoms with E-state index in [2.05, 4.69) is 4.98 Å². The minimum absolute atomic E-state index is 0.0338. The molecular formula is C20H19N3O2S2. The molecule has 0 radical (unpaired) electrons. The Hall–Kier alpha value is -2.38. The van der Waals surface area contributed by atoms with E-state index in [1.165, 1.54) is 11.8 Å². The fourth-order valence-corrected chi connectivity index (χ4v) is 5.02. The van der Waals surface area contributed by atoms with Crippen LogP contribution in [0.25, 0.3) is 10.2 Å². The predicted molar refractivity (Wildman–Crippen MR) is 109 cm³/mol. The van der Waals surface area contributed by atoms with Crippen molar-refractivity contribution >= 4 is 45.1 Å². The topological polar surface area (TPSA) is 53.5 Å². The van der Waals surface area contributed by atoms with Crippen molar-refractivity contribution in [3.8, 4) is 0 Å². The van der Waals surface area contributed by atoms with Gasteiger partial charge in [0.2, 0.25) is 5.91 Å². The van der Waals surface area contributed by atoms with Gasteiger partial charge in [0.15, 0.2) is 4.34 Å². The number of benzene rings is 2. The minimum atomic E-state index is 0.0338. The zero-order chi connectivity index (χ0) is 18.6. The number of para-hydroxylation sites is 1. The normalized spacial score (nSPS) is 14.5. The van der Waals surface area contributed by atoms with E-state index >= 15 is 0 Å². The number of fused-ring (bicyclic) bond motifs is 1. The van der Waals surface area contributed by atoms with Crippen LogP contribution in [0.4, 0.5) is 0 Å². The lowest BCUT2D eigenvalue weighted by Gasteiger charge is -2.34. The quantitative estimate of drug-likeness (QED) is 0.634. The summed E-state index contributed by atoms with van der Waals surface area (Å²) >= 11 is 3.10. The number of rotatable bonds is 4. The zero-order valence-corrected chi connectivity index (χ0v) is 16.3. The number of thiazole rings is 1. The van der Waals surface area contributed by atoms with Gasteiger partial charge in [0, 0.05) is 31.7 Å². The Balaban J connectivity index is 1.29. The molecule has 1 aromatic heterocycles. The van der Waals surface area contributed by atoms with E-state index in [0.717, 1.165) is 14.6 Å². The SMILES string of the molecule is O=C(CSc1nc2ccccc2s1)N1CCN(C(=O)c2ccccc2)CC1. The Morgan fingerprint density at radius 2 is 1.59 bits per heavy atom. The molecule has 0 bridgehead atoms. The molecule has 3 aromatic rings. The van der Waals surface area contributed by atoms with E-state index in [1.807, 2.05) is 64.4 Å².